The number of hydrogen-bond acceptors (Lipinski definition) is 3. The van der Waals surface area contributed by atoms with Crippen molar-refractivity contribution < 1.29 is 22.8 Å². The van der Waals surface area contributed by atoms with E-state index >= 15 is 0 Å². The second-order valence-electron chi connectivity index (χ2n) is 5.68. The lowest BCUT2D eigenvalue weighted by Gasteiger charge is -2.20. The first-order valence-electron chi connectivity index (χ1n) is 7.87. The smallest absolute Gasteiger partial charge is 0.338 e. The Labute approximate surface area is 148 Å². The van der Waals surface area contributed by atoms with E-state index in [1.807, 2.05) is 6.07 Å². The zero-order valence-electron chi connectivity index (χ0n) is 14.1. The van der Waals surface area contributed by atoms with E-state index in [0.717, 1.165) is 17.7 Å². The van der Waals surface area contributed by atoms with Crippen LogP contribution in [-0.2, 0) is 22.3 Å². The van der Waals surface area contributed by atoms with Crippen LogP contribution in [0, 0.1) is 0 Å². The molecule has 0 saturated heterocycles. The van der Waals surface area contributed by atoms with Crippen LogP contribution in [0.3, 0.4) is 0 Å². The van der Waals surface area contributed by atoms with Crippen LogP contribution in [-0.4, -0.2) is 28.2 Å². The third-order valence-corrected chi connectivity index (χ3v) is 3.65. The number of carbonyl (C=O) groups is 2. The minimum absolute atomic E-state index is 0.0286. The maximum atomic E-state index is 12.5. The van der Waals surface area contributed by atoms with Crippen molar-refractivity contribution in [3.63, 3.8) is 0 Å². The van der Waals surface area contributed by atoms with Crippen LogP contribution in [0.15, 0.2) is 48.8 Å². The summed E-state index contributed by atoms with van der Waals surface area (Å²) in [5.74, 6) is -0.571. The molecule has 2 rings (SSSR count). The lowest BCUT2D eigenvalue weighted by Crippen LogP contribution is -2.31. The number of nitrogens with zero attached hydrogens (tertiary/aromatic N) is 2. The molecule has 1 N–H and O–H groups in total. The predicted molar refractivity (Wildman–Crippen MR) is 90.0 cm³/mol. The molecule has 2 aromatic rings. The first-order chi connectivity index (χ1) is 12.3. The Balaban J connectivity index is 1.89. The summed E-state index contributed by atoms with van der Waals surface area (Å²) in [6, 6.07) is 7.77. The molecule has 0 radical (unpaired) electrons. The van der Waals surface area contributed by atoms with Crippen molar-refractivity contribution in [2.24, 2.45) is 0 Å². The van der Waals surface area contributed by atoms with Gasteiger partial charge in [-0.2, -0.15) is 13.2 Å². The molecule has 0 bridgehead atoms. The number of anilines is 1. The second kappa shape index (κ2) is 8.46. The molecule has 0 aliphatic heterocycles. The molecule has 1 heterocycles. The number of carbonyl (C=O) groups excluding carboxylic acids is 2. The zero-order chi connectivity index (χ0) is 19.2. The van der Waals surface area contributed by atoms with E-state index in [0.29, 0.717) is 6.54 Å². The van der Waals surface area contributed by atoms with Crippen LogP contribution < -0.4 is 5.32 Å². The van der Waals surface area contributed by atoms with E-state index in [1.54, 1.807) is 18.5 Å². The Morgan fingerprint density at radius 3 is 2.38 bits per heavy atom. The van der Waals surface area contributed by atoms with Crippen molar-refractivity contribution in [2.75, 3.05) is 11.9 Å². The Hall–Kier alpha value is -2.90. The third-order valence-electron chi connectivity index (χ3n) is 3.65. The quantitative estimate of drug-likeness (QED) is 0.853. The number of pyridine rings is 1. The summed E-state index contributed by atoms with van der Waals surface area (Å²) in [5.41, 5.74) is 0.324. The molecule has 1 aromatic heterocycles. The first-order valence-corrected chi connectivity index (χ1v) is 7.87. The van der Waals surface area contributed by atoms with Gasteiger partial charge in [-0.1, -0.05) is 6.07 Å². The lowest BCUT2D eigenvalue weighted by atomic mass is 10.2. The van der Waals surface area contributed by atoms with E-state index in [4.69, 9.17) is 0 Å². The zero-order valence-corrected chi connectivity index (χ0v) is 14.1. The summed E-state index contributed by atoms with van der Waals surface area (Å²) in [6.45, 7) is 1.93. The largest absolute Gasteiger partial charge is 0.416 e. The minimum atomic E-state index is -4.42. The van der Waals surface area contributed by atoms with Gasteiger partial charge in [0, 0.05) is 44.5 Å². The fraction of sp³-hybridized carbons (Fsp3) is 0.278. The third kappa shape index (κ3) is 5.87. The fourth-order valence-electron chi connectivity index (χ4n) is 2.26. The predicted octanol–water partition coefficient (Wildman–Crippen LogP) is 3.48. The van der Waals surface area contributed by atoms with Gasteiger partial charge in [-0.3, -0.25) is 14.6 Å². The average Bonchev–Trinajstić information content (AvgIpc) is 2.59. The minimum Gasteiger partial charge on any atom is -0.338 e. The highest BCUT2D eigenvalue weighted by molar-refractivity contribution is 5.91. The Kier molecular flexibility index (Phi) is 6.32. The SMILES string of the molecule is CC(=O)N(CCC(=O)Nc1ccc(C(F)(F)F)cc1)Cc1cccnc1. The van der Waals surface area contributed by atoms with Crippen LogP contribution in [0.2, 0.25) is 0 Å². The molecule has 0 aliphatic rings. The molecule has 2 amide bonds. The van der Waals surface area contributed by atoms with E-state index in [9.17, 15) is 22.8 Å². The summed E-state index contributed by atoms with van der Waals surface area (Å²) < 4.78 is 37.6. The van der Waals surface area contributed by atoms with Crippen LogP contribution in [0.1, 0.15) is 24.5 Å². The van der Waals surface area contributed by atoms with Gasteiger partial charge in [-0.05, 0) is 35.9 Å². The highest BCUT2D eigenvalue weighted by Crippen LogP contribution is 2.29. The van der Waals surface area contributed by atoms with Crippen LogP contribution in [0.5, 0.6) is 0 Å². The number of benzene rings is 1. The van der Waals surface area contributed by atoms with Gasteiger partial charge in [0.15, 0.2) is 0 Å². The number of amides is 2. The maximum Gasteiger partial charge on any atom is 0.416 e. The molecule has 0 unspecified atom stereocenters. The Bertz CT molecular complexity index is 747. The summed E-state index contributed by atoms with van der Waals surface area (Å²) >= 11 is 0. The highest BCUT2D eigenvalue weighted by atomic mass is 19.4. The van der Waals surface area contributed by atoms with E-state index < -0.39 is 11.7 Å². The van der Waals surface area contributed by atoms with Gasteiger partial charge in [0.05, 0.1) is 5.56 Å². The summed E-state index contributed by atoms with van der Waals surface area (Å²) in [6.07, 6.45) is -1.13. The highest BCUT2D eigenvalue weighted by Gasteiger charge is 2.29. The first kappa shape index (κ1) is 19.4. The molecule has 26 heavy (non-hydrogen) atoms. The molecule has 0 saturated carbocycles. The normalized spacial score (nSPS) is 11.1. The van der Waals surface area contributed by atoms with Crippen molar-refractivity contribution in [1.82, 2.24) is 9.88 Å². The van der Waals surface area contributed by atoms with Gasteiger partial charge in [-0.15, -0.1) is 0 Å². The summed E-state index contributed by atoms with van der Waals surface area (Å²) in [7, 11) is 0. The molecule has 8 heteroatoms. The standard InChI is InChI=1S/C18H18F3N3O2/c1-13(25)24(12-14-3-2-9-22-11-14)10-8-17(26)23-16-6-4-15(5-7-16)18(19,20)21/h2-7,9,11H,8,10,12H2,1H3,(H,23,26). The molecular formula is C18H18F3N3O2. The maximum absolute atomic E-state index is 12.5. The van der Waals surface area contributed by atoms with Crippen LogP contribution in [0.25, 0.3) is 0 Å². The van der Waals surface area contributed by atoms with Crippen LogP contribution in [0.4, 0.5) is 18.9 Å². The van der Waals surface area contributed by atoms with Crippen LogP contribution >= 0.6 is 0 Å². The Morgan fingerprint density at radius 2 is 1.85 bits per heavy atom. The second-order valence-corrected chi connectivity index (χ2v) is 5.68. The van der Waals surface area contributed by atoms with Crippen molar-refractivity contribution in [3.8, 4) is 0 Å². The van der Waals surface area contributed by atoms with Crippen molar-refractivity contribution in [2.45, 2.75) is 26.1 Å². The number of hydrogen-bond donors (Lipinski definition) is 1. The van der Waals surface area contributed by atoms with E-state index in [1.165, 1.54) is 24.0 Å². The number of rotatable bonds is 6. The van der Waals surface area contributed by atoms with Gasteiger partial charge in [0.2, 0.25) is 11.8 Å². The van der Waals surface area contributed by atoms with Gasteiger partial charge >= 0.3 is 6.18 Å². The van der Waals surface area contributed by atoms with Crippen molar-refractivity contribution >= 4 is 17.5 Å². The number of nitrogens with one attached hydrogen (secondary N) is 1. The molecule has 0 fully saturated rings. The van der Waals surface area contributed by atoms with E-state index in [-0.39, 0.29) is 30.5 Å². The molecule has 0 spiro atoms. The van der Waals surface area contributed by atoms with Gasteiger partial charge in [-0.25, -0.2) is 0 Å². The molecule has 5 nitrogen and oxygen atoms in total. The average molecular weight is 365 g/mol. The van der Waals surface area contributed by atoms with E-state index in [2.05, 4.69) is 10.3 Å². The fourth-order valence-corrected chi connectivity index (χ4v) is 2.26. The molecule has 1 aromatic carbocycles. The monoisotopic (exact) mass is 365 g/mol. The van der Waals surface area contributed by atoms with Gasteiger partial charge < -0.3 is 10.2 Å². The summed E-state index contributed by atoms with van der Waals surface area (Å²) in [4.78, 5) is 29.2. The number of alkyl halides is 3. The number of aromatic nitrogens is 1. The lowest BCUT2D eigenvalue weighted by molar-refractivity contribution is -0.137. The summed E-state index contributed by atoms with van der Waals surface area (Å²) in [5, 5.41) is 2.52. The molecule has 138 valence electrons. The molecule has 0 aliphatic carbocycles. The topological polar surface area (TPSA) is 62.3 Å². The van der Waals surface area contributed by atoms with Gasteiger partial charge in [0.25, 0.3) is 0 Å². The van der Waals surface area contributed by atoms with Gasteiger partial charge in [0.1, 0.15) is 0 Å². The van der Waals surface area contributed by atoms with Crippen molar-refractivity contribution in [3.05, 3.63) is 59.9 Å². The molecular weight excluding hydrogens is 347 g/mol. The Morgan fingerprint density at radius 1 is 1.15 bits per heavy atom. The number of halogens is 3. The molecule has 0 atom stereocenters. The van der Waals surface area contributed by atoms with Crippen molar-refractivity contribution in [1.29, 1.82) is 0 Å².